The summed E-state index contributed by atoms with van der Waals surface area (Å²) in [6.45, 7) is 5.36. The van der Waals surface area contributed by atoms with Crippen molar-refractivity contribution in [1.29, 1.82) is 0 Å². The molecule has 116 valence electrons. The first-order valence-corrected chi connectivity index (χ1v) is 8.09. The average Bonchev–Trinajstić information content (AvgIpc) is 2.84. The Balaban J connectivity index is 1.70. The quantitative estimate of drug-likeness (QED) is 0.635. The number of hydrogen-bond donors (Lipinski definition) is 2. The van der Waals surface area contributed by atoms with Crippen molar-refractivity contribution in [2.75, 3.05) is 0 Å². The summed E-state index contributed by atoms with van der Waals surface area (Å²) in [4.78, 5) is 25.1. The van der Waals surface area contributed by atoms with E-state index in [4.69, 9.17) is 0 Å². The molecule has 4 atom stereocenters. The number of carboxylic acid groups (broad SMARTS) is 1. The second-order valence-corrected chi connectivity index (χ2v) is 7.01. The summed E-state index contributed by atoms with van der Waals surface area (Å²) in [5.74, 6) is -1.17. The summed E-state index contributed by atoms with van der Waals surface area (Å²) in [6, 6.07) is 8.84. The zero-order valence-electron chi connectivity index (χ0n) is 12.2. The van der Waals surface area contributed by atoms with Crippen LogP contribution in [0.5, 0.6) is 0 Å². The molecule has 4 unspecified atom stereocenters. The summed E-state index contributed by atoms with van der Waals surface area (Å²) in [5.41, 5.74) is 1.67. The van der Waals surface area contributed by atoms with Gasteiger partial charge in [0.25, 0.3) is 0 Å². The fourth-order valence-electron chi connectivity index (χ4n) is 2.97. The fraction of sp³-hybridized carbons (Fsp3) is 0.375. The maximum Gasteiger partial charge on any atom is 0.330 e. The van der Waals surface area contributed by atoms with Crippen LogP contribution in [-0.2, 0) is 16.0 Å². The third-order valence-corrected chi connectivity index (χ3v) is 5.40. The lowest BCUT2D eigenvalue weighted by atomic mass is 9.99. The highest BCUT2D eigenvalue weighted by Gasteiger charge is 2.57. The minimum atomic E-state index is -1.02. The van der Waals surface area contributed by atoms with Gasteiger partial charge in [-0.05, 0) is 24.5 Å². The number of fused-ring (bicyclic) bond motifs is 1. The molecule has 1 aromatic rings. The van der Waals surface area contributed by atoms with E-state index in [0.717, 1.165) is 6.42 Å². The number of β-lactam (4-membered cyclic amide) rings is 1. The second kappa shape index (κ2) is 5.78. The Morgan fingerprint density at radius 1 is 1.45 bits per heavy atom. The summed E-state index contributed by atoms with van der Waals surface area (Å²) in [7, 11) is 0. The van der Waals surface area contributed by atoms with Crippen molar-refractivity contribution in [1.82, 2.24) is 10.2 Å². The highest BCUT2D eigenvalue weighted by Crippen LogP contribution is 2.41. The molecule has 2 aliphatic heterocycles. The van der Waals surface area contributed by atoms with Gasteiger partial charge >= 0.3 is 5.97 Å². The molecular weight excluding hydrogens is 300 g/mol. The van der Waals surface area contributed by atoms with Gasteiger partial charge < -0.3 is 10.0 Å². The Kier molecular flexibility index (Phi) is 3.97. The van der Waals surface area contributed by atoms with Crippen molar-refractivity contribution in [3.8, 4) is 0 Å². The molecule has 2 aliphatic rings. The van der Waals surface area contributed by atoms with E-state index < -0.39 is 12.0 Å². The molecule has 0 saturated carbocycles. The van der Waals surface area contributed by atoms with Crippen LogP contribution >= 0.6 is 11.8 Å². The fourth-order valence-corrected chi connectivity index (χ4v) is 4.53. The molecule has 3 rings (SSSR count). The van der Waals surface area contributed by atoms with Crippen molar-refractivity contribution >= 4 is 23.6 Å². The highest BCUT2D eigenvalue weighted by molar-refractivity contribution is 8.00. The molecule has 22 heavy (non-hydrogen) atoms. The molecule has 0 spiro atoms. The molecule has 2 heterocycles. The van der Waals surface area contributed by atoms with E-state index in [2.05, 4.69) is 24.0 Å². The van der Waals surface area contributed by atoms with Crippen LogP contribution in [0.4, 0.5) is 0 Å². The van der Waals surface area contributed by atoms with Gasteiger partial charge in [0.2, 0.25) is 5.91 Å². The molecule has 2 saturated heterocycles. The number of thioether (sulfide) groups is 1. The molecule has 0 radical (unpaired) electrons. The van der Waals surface area contributed by atoms with Gasteiger partial charge in [-0.2, -0.15) is 0 Å². The predicted octanol–water partition coefficient (Wildman–Crippen LogP) is 1.46. The number of likely N-dealkylation sites (tertiary alicyclic amines) is 1. The number of benzene rings is 1. The molecule has 1 aromatic carbocycles. The van der Waals surface area contributed by atoms with Crippen molar-refractivity contribution in [3.63, 3.8) is 0 Å². The van der Waals surface area contributed by atoms with Crippen molar-refractivity contribution in [3.05, 3.63) is 48.0 Å². The molecule has 6 heteroatoms. The second-order valence-electron chi connectivity index (χ2n) is 5.68. The smallest absolute Gasteiger partial charge is 0.330 e. The topological polar surface area (TPSA) is 69.6 Å². The number of carboxylic acids is 1. The summed E-state index contributed by atoms with van der Waals surface area (Å²) in [5, 5.41) is 12.6. The minimum Gasteiger partial charge on any atom is -0.479 e. The minimum absolute atomic E-state index is 0.117. The Bertz CT molecular complexity index is 605. The van der Waals surface area contributed by atoms with E-state index in [1.807, 2.05) is 18.2 Å². The molecule has 0 bridgehead atoms. The normalized spacial score (nSPS) is 28.0. The largest absolute Gasteiger partial charge is 0.479 e. The Morgan fingerprint density at radius 2 is 2.14 bits per heavy atom. The number of aliphatic carboxylic acids is 1. The van der Waals surface area contributed by atoms with Gasteiger partial charge in [-0.3, -0.25) is 10.1 Å². The van der Waals surface area contributed by atoms with Gasteiger partial charge in [-0.25, -0.2) is 4.79 Å². The van der Waals surface area contributed by atoms with Crippen LogP contribution in [0, 0.1) is 0 Å². The Labute approximate surface area is 133 Å². The van der Waals surface area contributed by atoms with Gasteiger partial charge in [-0.15, -0.1) is 11.8 Å². The summed E-state index contributed by atoms with van der Waals surface area (Å²) < 4.78 is 0. The number of nitrogens with one attached hydrogen (secondary N) is 1. The summed E-state index contributed by atoms with van der Waals surface area (Å²) >= 11 is 1.62. The number of carbonyl (C=O) groups is 2. The predicted molar refractivity (Wildman–Crippen MR) is 85.3 cm³/mol. The SMILES string of the molecule is C=C(C)C(C(=O)O)N1C(=O)C2NC(Cc3ccccc3)SC21. The van der Waals surface area contributed by atoms with E-state index in [-0.39, 0.29) is 22.7 Å². The van der Waals surface area contributed by atoms with Crippen molar-refractivity contribution in [2.24, 2.45) is 0 Å². The van der Waals surface area contributed by atoms with Gasteiger partial charge in [-0.1, -0.05) is 36.9 Å². The number of carbonyl (C=O) groups excluding carboxylic acids is 1. The van der Waals surface area contributed by atoms with Crippen LogP contribution in [0.1, 0.15) is 12.5 Å². The van der Waals surface area contributed by atoms with Crippen LogP contribution in [0.25, 0.3) is 0 Å². The molecular formula is C16H18N2O3S. The third kappa shape index (κ3) is 2.53. The van der Waals surface area contributed by atoms with Crippen LogP contribution in [0.15, 0.2) is 42.5 Å². The van der Waals surface area contributed by atoms with Gasteiger partial charge in [0, 0.05) is 0 Å². The number of hydrogen-bond acceptors (Lipinski definition) is 4. The highest BCUT2D eigenvalue weighted by atomic mass is 32.2. The van der Waals surface area contributed by atoms with Crippen LogP contribution in [0.2, 0.25) is 0 Å². The molecule has 5 nitrogen and oxygen atoms in total. The standard InChI is InChI=1S/C16H18N2O3S/c1-9(2)13(16(20)21)18-14(19)12-15(18)22-11(17-12)8-10-6-4-3-5-7-10/h3-7,11-13,15,17H,1,8H2,2H3,(H,20,21). The monoisotopic (exact) mass is 318 g/mol. The third-order valence-electron chi connectivity index (χ3n) is 3.99. The van der Waals surface area contributed by atoms with Gasteiger partial charge in [0.1, 0.15) is 11.4 Å². The zero-order valence-corrected chi connectivity index (χ0v) is 13.0. The average molecular weight is 318 g/mol. The Hall–Kier alpha value is -1.79. The lowest BCUT2D eigenvalue weighted by Crippen LogP contribution is -2.69. The Morgan fingerprint density at radius 3 is 2.73 bits per heavy atom. The molecule has 2 N–H and O–H groups in total. The maximum absolute atomic E-state index is 12.2. The first-order valence-electron chi connectivity index (χ1n) is 7.15. The van der Waals surface area contributed by atoms with Crippen molar-refractivity contribution in [2.45, 2.75) is 36.2 Å². The molecule has 2 fully saturated rings. The summed E-state index contributed by atoms with van der Waals surface area (Å²) in [6.07, 6.45) is 0.810. The van der Waals surface area contributed by atoms with Crippen LogP contribution in [0.3, 0.4) is 0 Å². The van der Waals surface area contributed by atoms with Crippen LogP contribution in [-0.4, -0.2) is 44.7 Å². The number of amides is 1. The van der Waals surface area contributed by atoms with Crippen molar-refractivity contribution < 1.29 is 14.7 Å². The van der Waals surface area contributed by atoms with Gasteiger partial charge in [0.15, 0.2) is 6.04 Å². The van der Waals surface area contributed by atoms with Gasteiger partial charge in [0.05, 0.1) is 5.37 Å². The van der Waals surface area contributed by atoms with E-state index in [1.54, 1.807) is 18.7 Å². The lowest BCUT2D eigenvalue weighted by Gasteiger charge is -2.45. The molecule has 0 aromatic heterocycles. The first-order chi connectivity index (χ1) is 10.5. The molecule has 1 amide bonds. The van der Waals surface area contributed by atoms with E-state index in [0.29, 0.717) is 5.57 Å². The maximum atomic E-state index is 12.2. The number of nitrogens with zero attached hydrogens (tertiary/aromatic N) is 1. The van der Waals surface area contributed by atoms with Crippen LogP contribution < -0.4 is 5.32 Å². The van der Waals surface area contributed by atoms with E-state index in [1.165, 1.54) is 10.5 Å². The number of rotatable bonds is 5. The first kappa shape index (κ1) is 15.1. The molecule has 0 aliphatic carbocycles. The van der Waals surface area contributed by atoms with E-state index in [9.17, 15) is 14.7 Å². The lowest BCUT2D eigenvalue weighted by molar-refractivity contribution is -0.158. The zero-order chi connectivity index (χ0) is 15.9. The van der Waals surface area contributed by atoms with E-state index >= 15 is 0 Å².